The number of nitrogens with one attached hydrogen (secondary N) is 1. The Morgan fingerprint density at radius 1 is 0.976 bits per heavy atom. The van der Waals surface area contributed by atoms with Gasteiger partial charge in [-0.2, -0.15) is 0 Å². The van der Waals surface area contributed by atoms with Crippen molar-refractivity contribution in [2.24, 2.45) is 5.92 Å². The number of hydrogen-bond acceptors (Lipinski definition) is 7. The molecule has 9 heteroatoms. The number of hydrogen-bond donors (Lipinski definition) is 1. The lowest BCUT2D eigenvalue weighted by Gasteiger charge is -2.47. The third-order valence-corrected chi connectivity index (χ3v) is 8.61. The summed E-state index contributed by atoms with van der Waals surface area (Å²) < 4.78 is 25.7. The maximum Gasteiger partial charge on any atom is 0.220 e. The Morgan fingerprint density at radius 3 is 2.50 bits per heavy atom. The number of anilines is 1. The number of methoxy groups -OCH3 is 2. The lowest BCUT2D eigenvalue weighted by molar-refractivity contribution is -0.121. The first-order valence-electron chi connectivity index (χ1n) is 14.9. The van der Waals surface area contributed by atoms with E-state index in [1.165, 1.54) is 6.07 Å². The minimum absolute atomic E-state index is 0.0709. The summed E-state index contributed by atoms with van der Waals surface area (Å²) in [6.07, 6.45) is 5.80. The van der Waals surface area contributed by atoms with Crippen molar-refractivity contribution in [3.63, 3.8) is 0 Å². The smallest absolute Gasteiger partial charge is 0.220 e. The molecule has 42 heavy (non-hydrogen) atoms. The minimum atomic E-state index is -0.164. The zero-order valence-electron chi connectivity index (χ0n) is 24.7. The van der Waals surface area contributed by atoms with E-state index in [1.807, 2.05) is 36.4 Å². The molecule has 0 bridgehead atoms. The second-order valence-electron chi connectivity index (χ2n) is 11.1. The van der Waals surface area contributed by atoms with Gasteiger partial charge in [-0.1, -0.05) is 24.3 Å². The summed E-state index contributed by atoms with van der Waals surface area (Å²) >= 11 is 0. The number of pyridine rings is 1. The Balaban J connectivity index is 1.24. The van der Waals surface area contributed by atoms with Gasteiger partial charge in [-0.15, -0.1) is 0 Å². The first-order valence-corrected chi connectivity index (χ1v) is 14.9. The van der Waals surface area contributed by atoms with Gasteiger partial charge in [0.25, 0.3) is 0 Å². The van der Waals surface area contributed by atoms with Gasteiger partial charge in [0, 0.05) is 76.2 Å². The molecule has 2 atom stereocenters. The van der Waals surface area contributed by atoms with Crippen LogP contribution in [0.3, 0.4) is 0 Å². The second kappa shape index (κ2) is 14.5. The van der Waals surface area contributed by atoms with E-state index in [-0.39, 0.29) is 11.7 Å². The highest BCUT2D eigenvalue weighted by molar-refractivity contribution is 5.75. The molecule has 1 aromatic heterocycles. The van der Waals surface area contributed by atoms with Gasteiger partial charge in [0.1, 0.15) is 5.82 Å². The van der Waals surface area contributed by atoms with Crippen molar-refractivity contribution < 1.29 is 18.7 Å². The number of carbonyl (C=O) groups is 1. The molecule has 8 nitrogen and oxygen atoms in total. The summed E-state index contributed by atoms with van der Waals surface area (Å²) in [7, 11) is 3.34. The third-order valence-electron chi connectivity index (χ3n) is 8.61. The number of carbonyl (C=O) groups excluding carboxylic acids is 1. The number of piperidine rings is 1. The van der Waals surface area contributed by atoms with Gasteiger partial charge in [-0.3, -0.25) is 19.6 Å². The van der Waals surface area contributed by atoms with Gasteiger partial charge in [0.15, 0.2) is 11.5 Å². The topological polar surface area (TPSA) is 70.2 Å². The van der Waals surface area contributed by atoms with Crippen LogP contribution in [0.15, 0.2) is 67.0 Å². The molecule has 2 aliphatic heterocycles. The molecule has 3 heterocycles. The van der Waals surface area contributed by atoms with E-state index < -0.39 is 0 Å². The standard InChI is InChI=1S/C33H42FN5O3/c1-41-31-9-5-6-27(33(31)42-2)24-37-17-14-29(38-18-20-39(21-19-38)30-8-4-3-7-28(30)34)26(23-37)10-11-32(40)36-22-25-12-15-35-16-13-25/h3-9,12-13,15-16,26,29H,10-11,14,17-24H2,1-2H3,(H,36,40)/t26-,29+/m0/s1. The lowest BCUT2D eigenvalue weighted by Crippen LogP contribution is -2.56. The number of amides is 1. The van der Waals surface area contributed by atoms with E-state index in [0.717, 1.165) is 81.3 Å². The van der Waals surface area contributed by atoms with Gasteiger partial charge in [0.05, 0.1) is 19.9 Å². The van der Waals surface area contributed by atoms with E-state index in [9.17, 15) is 9.18 Å². The fourth-order valence-corrected chi connectivity index (χ4v) is 6.43. The number of ether oxygens (including phenoxy) is 2. The van der Waals surface area contributed by atoms with Gasteiger partial charge in [-0.05, 0) is 61.2 Å². The number of aromatic nitrogens is 1. The predicted octanol–water partition coefficient (Wildman–Crippen LogP) is 4.35. The van der Waals surface area contributed by atoms with Crippen LogP contribution >= 0.6 is 0 Å². The molecule has 224 valence electrons. The average Bonchev–Trinajstić information content (AvgIpc) is 3.03. The molecule has 2 aliphatic rings. The normalized spacial score (nSPS) is 19.8. The first-order chi connectivity index (χ1) is 20.6. The fraction of sp³-hybridized carbons (Fsp3) is 0.455. The van der Waals surface area contributed by atoms with Crippen LogP contribution in [0, 0.1) is 11.7 Å². The Morgan fingerprint density at radius 2 is 1.76 bits per heavy atom. The molecule has 3 aromatic rings. The SMILES string of the molecule is COc1cccc(CN2CC[C@@H](N3CCN(c4ccccc4F)CC3)[C@@H](CCC(=O)NCc3ccncc3)C2)c1OC. The number of nitrogens with zero attached hydrogens (tertiary/aromatic N) is 4. The zero-order valence-corrected chi connectivity index (χ0v) is 24.7. The number of piperazine rings is 1. The van der Waals surface area contributed by atoms with Crippen LogP contribution in [0.5, 0.6) is 11.5 Å². The third kappa shape index (κ3) is 7.38. The highest BCUT2D eigenvalue weighted by Crippen LogP contribution is 2.34. The molecule has 0 radical (unpaired) electrons. The largest absolute Gasteiger partial charge is 0.493 e. The zero-order chi connectivity index (χ0) is 29.3. The van der Waals surface area contributed by atoms with Gasteiger partial charge in [-0.25, -0.2) is 4.39 Å². The molecular weight excluding hydrogens is 533 g/mol. The molecule has 1 amide bonds. The summed E-state index contributed by atoms with van der Waals surface area (Å²) in [4.78, 5) is 24.1. The van der Waals surface area contributed by atoms with Crippen LogP contribution in [0.25, 0.3) is 0 Å². The van der Waals surface area contributed by atoms with Gasteiger partial charge < -0.3 is 19.7 Å². The van der Waals surface area contributed by atoms with Crippen molar-refractivity contribution >= 4 is 11.6 Å². The molecule has 2 saturated heterocycles. The van der Waals surface area contributed by atoms with E-state index in [1.54, 1.807) is 32.7 Å². The van der Waals surface area contributed by atoms with Crippen molar-refractivity contribution in [3.05, 3.63) is 83.9 Å². The fourth-order valence-electron chi connectivity index (χ4n) is 6.43. The van der Waals surface area contributed by atoms with Crippen molar-refractivity contribution in [2.45, 2.75) is 38.4 Å². The molecule has 5 rings (SSSR count). The Labute approximate surface area is 248 Å². The summed E-state index contributed by atoms with van der Waals surface area (Å²) in [5.74, 6) is 1.75. The van der Waals surface area contributed by atoms with Crippen molar-refractivity contribution in [1.29, 1.82) is 0 Å². The van der Waals surface area contributed by atoms with Crippen molar-refractivity contribution in [2.75, 3.05) is 58.4 Å². The van der Waals surface area contributed by atoms with Crippen LogP contribution in [-0.2, 0) is 17.9 Å². The number of likely N-dealkylation sites (tertiary alicyclic amines) is 1. The van der Waals surface area contributed by atoms with E-state index in [4.69, 9.17) is 9.47 Å². The van der Waals surface area contributed by atoms with Gasteiger partial charge >= 0.3 is 0 Å². The number of rotatable bonds is 11. The molecule has 2 aromatic carbocycles. The van der Waals surface area contributed by atoms with Gasteiger partial charge in [0.2, 0.25) is 5.91 Å². The summed E-state index contributed by atoms with van der Waals surface area (Å²) in [6, 6.07) is 17.3. The second-order valence-corrected chi connectivity index (χ2v) is 11.1. The van der Waals surface area contributed by atoms with Crippen molar-refractivity contribution in [1.82, 2.24) is 20.1 Å². The first kappa shape index (κ1) is 29.8. The highest BCUT2D eigenvalue weighted by Gasteiger charge is 2.35. The molecule has 1 N–H and O–H groups in total. The Hall–Kier alpha value is -3.69. The summed E-state index contributed by atoms with van der Waals surface area (Å²) in [5.41, 5.74) is 2.82. The maximum atomic E-state index is 14.4. The monoisotopic (exact) mass is 575 g/mol. The number of halogens is 1. The number of benzene rings is 2. The van der Waals surface area contributed by atoms with Crippen LogP contribution in [-0.4, -0.2) is 80.2 Å². The Bertz CT molecular complexity index is 1300. The van der Waals surface area contributed by atoms with Crippen molar-refractivity contribution in [3.8, 4) is 11.5 Å². The molecule has 2 fully saturated rings. The molecule has 0 spiro atoms. The van der Waals surface area contributed by atoms with E-state index >= 15 is 0 Å². The molecule has 0 unspecified atom stereocenters. The Kier molecular flexibility index (Phi) is 10.3. The number of para-hydroxylation sites is 2. The quantitative estimate of drug-likeness (QED) is 0.365. The summed E-state index contributed by atoms with van der Waals surface area (Å²) in [5, 5.41) is 3.07. The van der Waals surface area contributed by atoms with Crippen LogP contribution in [0.4, 0.5) is 10.1 Å². The average molecular weight is 576 g/mol. The minimum Gasteiger partial charge on any atom is -0.493 e. The summed E-state index contributed by atoms with van der Waals surface area (Å²) in [6.45, 7) is 6.48. The van der Waals surface area contributed by atoms with Crippen LogP contribution in [0.1, 0.15) is 30.4 Å². The highest BCUT2D eigenvalue weighted by atomic mass is 19.1. The van der Waals surface area contributed by atoms with E-state index in [2.05, 4.69) is 31.1 Å². The molecular formula is C33H42FN5O3. The lowest BCUT2D eigenvalue weighted by atomic mass is 9.86. The molecule has 0 aliphatic carbocycles. The molecule has 0 saturated carbocycles. The maximum absolute atomic E-state index is 14.4. The van der Waals surface area contributed by atoms with E-state index in [0.29, 0.717) is 30.6 Å². The predicted molar refractivity (Wildman–Crippen MR) is 162 cm³/mol. The van der Waals surface area contributed by atoms with Crippen LogP contribution in [0.2, 0.25) is 0 Å². The van der Waals surface area contributed by atoms with Crippen LogP contribution < -0.4 is 19.7 Å².